The number of ether oxygens (including phenoxy) is 1. The van der Waals surface area contributed by atoms with E-state index < -0.39 is 0 Å². The second-order valence-electron chi connectivity index (χ2n) is 12.8. The van der Waals surface area contributed by atoms with E-state index in [9.17, 15) is 9.18 Å². The first kappa shape index (κ1) is 23.6. The molecular weight excluding hydrogens is 439 g/mol. The zero-order valence-electron chi connectivity index (χ0n) is 21.6. The second kappa shape index (κ2) is 8.68. The number of aromatic nitrogens is 2. The molecule has 1 aromatic carbocycles. The zero-order chi connectivity index (χ0) is 24.4. The third-order valence-corrected chi connectivity index (χ3v) is 11.3. The molecule has 0 aliphatic heterocycles. The van der Waals surface area contributed by atoms with Gasteiger partial charge in [-0.2, -0.15) is 5.10 Å². The van der Waals surface area contributed by atoms with Crippen LogP contribution in [-0.4, -0.2) is 29.3 Å². The third kappa shape index (κ3) is 3.62. The van der Waals surface area contributed by atoms with Crippen molar-refractivity contribution in [3.63, 3.8) is 0 Å². The molecule has 0 amide bonds. The largest absolute Gasteiger partial charge is 0.384 e. The van der Waals surface area contributed by atoms with Crippen molar-refractivity contribution in [3.05, 3.63) is 30.2 Å². The number of methoxy groups -OCH3 is 1. The fourth-order valence-electron chi connectivity index (χ4n) is 9.77. The molecule has 4 aliphatic rings. The molecule has 4 aliphatic carbocycles. The molecule has 1 heterocycles. The number of ketones is 1. The Morgan fingerprint density at radius 2 is 2.00 bits per heavy atom. The van der Waals surface area contributed by atoms with E-state index in [1.165, 1.54) is 57.1 Å². The van der Waals surface area contributed by atoms with Crippen molar-refractivity contribution in [3.8, 4) is 0 Å². The molecule has 190 valence electrons. The number of fused-ring (bicyclic) bond motifs is 6. The summed E-state index contributed by atoms with van der Waals surface area (Å²) >= 11 is 0. The van der Waals surface area contributed by atoms with Crippen LogP contribution in [0.5, 0.6) is 0 Å². The van der Waals surface area contributed by atoms with Crippen LogP contribution in [0.2, 0.25) is 0 Å². The van der Waals surface area contributed by atoms with Crippen LogP contribution in [0, 0.1) is 52.2 Å². The summed E-state index contributed by atoms with van der Waals surface area (Å²) in [7, 11) is 1.90. The van der Waals surface area contributed by atoms with Crippen molar-refractivity contribution >= 4 is 16.7 Å². The van der Waals surface area contributed by atoms with Crippen LogP contribution >= 0.6 is 0 Å². The summed E-state index contributed by atoms with van der Waals surface area (Å²) in [5.41, 5.74) is 1.15. The first-order valence-corrected chi connectivity index (χ1v) is 14.0. The van der Waals surface area contributed by atoms with Crippen molar-refractivity contribution in [1.82, 2.24) is 9.78 Å². The van der Waals surface area contributed by atoms with E-state index in [4.69, 9.17) is 4.74 Å². The predicted octanol–water partition coefficient (Wildman–Crippen LogP) is 6.67. The Labute approximate surface area is 209 Å². The third-order valence-electron chi connectivity index (χ3n) is 11.3. The van der Waals surface area contributed by atoms with Crippen LogP contribution in [0.25, 0.3) is 10.9 Å². The van der Waals surface area contributed by atoms with Gasteiger partial charge in [0, 0.05) is 18.4 Å². The molecule has 8 atom stereocenters. The summed E-state index contributed by atoms with van der Waals surface area (Å²) in [6.07, 6.45) is 13.0. The predicted molar refractivity (Wildman–Crippen MR) is 135 cm³/mol. The Morgan fingerprint density at radius 3 is 2.83 bits per heavy atom. The van der Waals surface area contributed by atoms with Crippen LogP contribution in [0.15, 0.2) is 24.4 Å². The van der Waals surface area contributed by atoms with Crippen LogP contribution < -0.4 is 0 Å². The lowest BCUT2D eigenvalue weighted by Crippen LogP contribution is -2.56. The molecule has 1 aromatic heterocycles. The molecule has 35 heavy (non-hydrogen) atoms. The van der Waals surface area contributed by atoms with Crippen LogP contribution in [-0.2, 0) is 16.1 Å². The summed E-state index contributed by atoms with van der Waals surface area (Å²) < 4.78 is 21.5. The fourth-order valence-corrected chi connectivity index (χ4v) is 9.77. The highest BCUT2D eigenvalue weighted by Crippen LogP contribution is 2.68. The van der Waals surface area contributed by atoms with Gasteiger partial charge < -0.3 is 4.74 Å². The van der Waals surface area contributed by atoms with E-state index in [1.807, 2.05) is 7.11 Å². The normalized spacial score (nSPS) is 40.8. The molecule has 4 fully saturated rings. The Morgan fingerprint density at radius 1 is 1.14 bits per heavy atom. The smallest absolute Gasteiger partial charge is 0.157 e. The van der Waals surface area contributed by atoms with Gasteiger partial charge in [-0.05, 0) is 110 Å². The molecule has 0 bridgehead atoms. The molecule has 6 rings (SSSR count). The van der Waals surface area contributed by atoms with Gasteiger partial charge in [-0.3, -0.25) is 9.48 Å². The van der Waals surface area contributed by atoms with Crippen LogP contribution in [0.1, 0.15) is 71.6 Å². The molecule has 5 heteroatoms. The summed E-state index contributed by atoms with van der Waals surface area (Å²) in [4.78, 5) is 13.7. The van der Waals surface area contributed by atoms with E-state index in [-0.39, 0.29) is 29.5 Å². The van der Waals surface area contributed by atoms with Crippen molar-refractivity contribution in [2.24, 2.45) is 46.3 Å². The molecule has 4 nitrogen and oxygen atoms in total. The Balaban J connectivity index is 1.24. The van der Waals surface area contributed by atoms with Gasteiger partial charge in [0.05, 0.1) is 18.3 Å². The maximum absolute atomic E-state index is 13.9. The average Bonchev–Trinajstić information content (AvgIpc) is 3.39. The molecular formula is C30H41FN2O2. The molecule has 0 saturated heterocycles. The van der Waals surface area contributed by atoms with Gasteiger partial charge >= 0.3 is 0 Å². The van der Waals surface area contributed by atoms with Crippen LogP contribution in [0.3, 0.4) is 0 Å². The second-order valence-corrected chi connectivity index (χ2v) is 12.8. The van der Waals surface area contributed by atoms with Crippen LogP contribution in [0.4, 0.5) is 4.39 Å². The highest BCUT2D eigenvalue weighted by molar-refractivity contribution is 5.85. The highest BCUT2D eigenvalue weighted by atomic mass is 19.1. The number of halogens is 1. The van der Waals surface area contributed by atoms with Crippen molar-refractivity contribution < 1.29 is 13.9 Å². The van der Waals surface area contributed by atoms with Gasteiger partial charge in [0.25, 0.3) is 0 Å². The van der Waals surface area contributed by atoms with E-state index in [0.717, 1.165) is 48.5 Å². The SMILES string of the molecule is COCC12CCC(C)CC1CC[C@H]1C3CCC(C(=O)Cn4ncc5ccc(F)cc54)C3(C)CCC12. The van der Waals surface area contributed by atoms with Gasteiger partial charge in [-0.15, -0.1) is 0 Å². The standard InChI is InChI=1S/C30H41FN2O2/c1-19-10-13-30(18-35-3)21(14-19)5-7-23-24-8-9-26(29(24,2)12-11-25(23)30)28(34)17-33-27-15-22(31)6-4-20(27)16-32-33/h4,6,15-16,19,21,23-26H,5,7-14,17-18H2,1-3H3/t19?,21?,23-,24?,25?,26?,29?,30?/m0/s1. The lowest BCUT2D eigenvalue weighted by atomic mass is 9.44. The number of rotatable bonds is 5. The van der Waals surface area contributed by atoms with E-state index >= 15 is 0 Å². The van der Waals surface area contributed by atoms with Crippen molar-refractivity contribution in [2.45, 2.75) is 78.2 Å². The topological polar surface area (TPSA) is 44.1 Å². The summed E-state index contributed by atoms with van der Waals surface area (Å²) in [5, 5.41) is 5.32. The molecule has 7 unspecified atom stereocenters. The van der Waals surface area contributed by atoms with Gasteiger partial charge in [0.15, 0.2) is 5.78 Å². The molecule has 2 aromatic rings. The monoisotopic (exact) mass is 480 g/mol. The number of hydrogen-bond donors (Lipinski definition) is 0. The lowest BCUT2D eigenvalue weighted by molar-refractivity contribution is -0.154. The Kier molecular flexibility index (Phi) is 5.86. The quantitative estimate of drug-likeness (QED) is 0.480. The fraction of sp³-hybridized carbons (Fsp3) is 0.733. The van der Waals surface area contributed by atoms with Gasteiger partial charge in [0.1, 0.15) is 12.4 Å². The zero-order valence-corrected chi connectivity index (χ0v) is 21.6. The van der Waals surface area contributed by atoms with Crippen molar-refractivity contribution in [2.75, 3.05) is 13.7 Å². The number of nitrogens with zero attached hydrogens (tertiary/aromatic N) is 2. The minimum atomic E-state index is -0.282. The van der Waals surface area contributed by atoms with E-state index in [0.29, 0.717) is 16.8 Å². The first-order valence-electron chi connectivity index (χ1n) is 14.0. The summed E-state index contributed by atoms with van der Waals surface area (Å²) in [6.45, 7) is 6.02. The minimum absolute atomic E-state index is 0.0789. The van der Waals surface area contributed by atoms with E-state index in [2.05, 4.69) is 18.9 Å². The molecule has 0 spiro atoms. The Hall–Kier alpha value is -1.75. The number of benzene rings is 1. The van der Waals surface area contributed by atoms with Gasteiger partial charge in [0.2, 0.25) is 0 Å². The summed E-state index contributed by atoms with van der Waals surface area (Å²) in [5.74, 6) is 3.86. The number of hydrogen-bond acceptors (Lipinski definition) is 3. The molecule has 4 saturated carbocycles. The Bertz CT molecular complexity index is 1110. The van der Waals surface area contributed by atoms with Crippen molar-refractivity contribution in [1.29, 1.82) is 0 Å². The summed E-state index contributed by atoms with van der Waals surface area (Å²) in [6, 6.07) is 4.69. The maximum Gasteiger partial charge on any atom is 0.157 e. The average molecular weight is 481 g/mol. The first-order chi connectivity index (χ1) is 16.9. The highest BCUT2D eigenvalue weighted by Gasteiger charge is 2.62. The van der Waals surface area contributed by atoms with Gasteiger partial charge in [-0.1, -0.05) is 20.3 Å². The van der Waals surface area contributed by atoms with Gasteiger partial charge in [-0.25, -0.2) is 4.39 Å². The minimum Gasteiger partial charge on any atom is -0.384 e. The maximum atomic E-state index is 13.9. The van der Waals surface area contributed by atoms with E-state index in [1.54, 1.807) is 16.9 Å². The number of carbonyl (C=O) groups excluding carboxylic acids is 1. The number of Topliss-reactive ketones (excluding diaryl/α,β-unsaturated/α-hetero) is 1. The lowest BCUT2D eigenvalue weighted by Gasteiger charge is -2.61. The molecule has 0 radical (unpaired) electrons. The molecule has 0 N–H and O–H groups in total. The number of carbonyl (C=O) groups is 1.